The van der Waals surface area contributed by atoms with Gasteiger partial charge < -0.3 is 9.64 Å². The lowest BCUT2D eigenvalue weighted by atomic mass is 9.97. The molecule has 0 aromatic heterocycles. The number of benzene rings is 2. The van der Waals surface area contributed by atoms with Crippen molar-refractivity contribution in [2.24, 2.45) is 5.92 Å². The number of Topliss-reactive ketones (excluding diaryl/α,β-unsaturated/α-hetero) is 1. The quantitative estimate of drug-likeness (QED) is 0.538. The van der Waals surface area contributed by atoms with Gasteiger partial charge in [0.05, 0.1) is 13.2 Å². The molecule has 2 aromatic rings. The molecule has 0 saturated carbocycles. The second-order valence-electron chi connectivity index (χ2n) is 7.40. The molecule has 140 valence electrons. The van der Waals surface area contributed by atoms with Crippen LogP contribution in [0.25, 0.3) is 16.0 Å². The Balaban J connectivity index is 1.73. The van der Waals surface area contributed by atoms with Crippen molar-refractivity contribution in [1.29, 1.82) is 0 Å². The summed E-state index contributed by atoms with van der Waals surface area (Å²) in [5.41, 5.74) is 4.17. The molecular formula is C23H26N2O2. The Morgan fingerprint density at radius 2 is 1.96 bits per heavy atom. The number of likely N-dealkylation sites (tertiary alicyclic amines) is 1. The molecule has 0 aliphatic carbocycles. The molecular weight excluding hydrogens is 336 g/mol. The van der Waals surface area contributed by atoms with Crippen molar-refractivity contribution in [3.63, 3.8) is 0 Å². The highest BCUT2D eigenvalue weighted by atomic mass is 16.5. The molecule has 2 aromatic carbocycles. The topological polar surface area (TPSA) is 33.9 Å². The van der Waals surface area contributed by atoms with E-state index in [-0.39, 0.29) is 5.78 Å². The Morgan fingerprint density at radius 1 is 1.19 bits per heavy atom. The average molecular weight is 362 g/mol. The Morgan fingerprint density at radius 3 is 2.67 bits per heavy atom. The van der Waals surface area contributed by atoms with Crippen LogP contribution in [0, 0.1) is 12.5 Å². The minimum absolute atomic E-state index is 0.0368. The van der Waals surface area contributed by atoms with Gasteiger partial charge in [0.2, 0.25) is 0 Å². The lowest BCUT2D eigenvalue weighted by molar-refractivity contribution is 0.0622. The second-order valence-corrected chi connectivity index (χ2v) is 7.40. The summed E-state index contributed by atoms with van der Waals surface area (Å²) in [6, 6.07) is 13.4. The fourth-order valence-electron chi connectivity index (χ4n) is 3.47. The number of hydrogen-bond acceptors (Lipinski definition) is 3. The number of carbonyl (C=O) groups excluding carboxylic acids is 1. The van der Waals surface area contributed by atoms with Crippen LogP contribution in [0.15, 0.2) is 42.5 Å². The molecule has 0 bridgehead atoms. The Labute approximate surface area is 161 Å². The van der Waals surface area contributed by atoms with Crippen molar-refractivity contribution in [3.8, 4) is 11.1 Å². The highest BCUT2D eigenvalue weighted by Gasteiger charge is 2.16. The average Bonchev–Trinajstić information content (AvgIpc) is 2.69. The van der Waals surface area contributed by atoms with Gasteiger partial charge in [-0.25, -0.2) is 4.85 Å². The predicted molar refractivity (Wildman–Crippen MR) is 108 cm³/mol. The first-order valence-corrected chi connectivity index (χ1v) is 9.44. The fourth-order valence-corrected chi connectivity index (χ4v) is 3.47. The van der Waals surface area contributed by atoms with E-state index in [9.17, 15) is 4.79 Å². The summed E-state index contributed by atoms with van der Waals surface area (Å²) in [4.78, 5) is 17.8. The van der Waals surface area contributed by atoms with Crippen LogP contribution in [-0.4, -0.2) is 37.4 Å². The standard InChI is InChI=1S/C23H26N2O2/c1-17(26)21-11-19(16-27-15-18-7-9-25(3)10-8-18)12-22(13-21)20-5-4-6-23(14-20)24-2/h4-6,11-14,18H,7-10,15-16H2,1,3H3. The molecule has 27 heavy (non-hydrogen) atoms. The van der Waals surface area contributed by atoms with Gasteiger partial charge in [0.15, 0.2) is 11.5 Å². The zero-order valence-corrected chi connectivity index (χ0v) is 16.1. The number of hydrogen-bond donors (Lipinski definition) is 0. The zero-order valence-electron chi connectivity index (χ0n) is 16.1. The van der Waals surface area contributed by atoms with Crippen LogP contribution < -0.4 is 0 Å². The molecule has 0 radical (unpaired) electrons. The minimum Gasteiger partial charge on any atom is -0.376 e. The van der Waals surface area contributed by atoms with Crippen molar-refractivity contribution in [2.75, 3.05) is 26.7 Å². The van der Waals surface area contributed by atoms with E-state index in [4.69, 9.17) is 11.3 Å². The monoisotopic (exact) mass is 362 g/mol. The summed E-state index contributed by atoms with van der Waals surface area (Å²) >= 11 is 0. The predicted octanol–water partition coefficient (Wildman–Crippen LogP) is 4.97. The van der Waals surface area contributed by atoms with Gasteiger partial charge in [-0.05, 0) is 86.8 Å². The number of ketones is 1. The SMILES string of the molecule is [C-]#[N+]c1cccc(-c2cc(COCC3CCN(C)CC3)cc(C(C)=O)c2)c1. The number of carbonyl (C=O) groups is 1. The number of ether oxygens (including phenoxy) is 1. The molecule has 0 atom stereocenters. The molecule has 4 nitrogen and oxygen atoms in total. The molecule has 0 amide bonds. The smallest absolute Gasteiger partial charge is 0.187 e. The summed E-state index contributed by atoms with van der Waals surface area (Å²) in [7, 11) is 2.16. The van der Waals surface area contributed by atoms with Gasteiger partial charge in [0, 0.05) is 12.2 Å². The maximum atomic E-state index is 12.0. The van der Waals surface area contributed by atoms with Crippen LogP contribution in [0.3, 0.4) is 0 Å². The fraction of sp³-hybridized carbons (Fsp3) is 0.391. The molecule has 1 heterocycles. The maximum absolute atomic E-state index is 12.0. The lowest BCUT2D eigenvalue weighted by Crippen LogP contribution is -2.31. The van der Waals surface area contributed by atoms with E-state index in [0.29, 0.717) is 23.8 Å². The summed E-state index contributed by atoms with van der Waals surface area (Å²) in [6.07, 6.45) is 2.36. The van der Waals surface area contributed by atoms with Crippen LogP contribution in [0.2, 0.25) is 0 Å². The molecule has 0 unspecified atom stereocenters. The van der Waals surface area contributed by atoms with Crippen molar-refractivity contribution in [3.05, 3.63) is 65.0 Å². The molecule has 1 fully saturated rings. The number of rotatable bonds is 6. The van der Waals surface area contributed by atoms with Gasteiger partial charge in [-0.15, -0.1) is 0 Å². The Hall–Kier alpha value is -2.48. The minimum atomic E-state index is 0.0368. The van der Waals surface area contributed by atoms with E-state index in [0.717, 1.165) is 36.4 Å². The van der Waals surface area contributed by atoms with Crippen molar-refractivity contribution in [1.82, 2.24) is 4.90 Å². The van der Waals surface area contributed by atoms with Gasteiger partial charge in [-0.2, -0.15) is 0 Å². The van der Waals surface area contributed by atoms with E-state index >= 15 is 0 Å². The van der Waals surface area contributed by atoms with Crippen LogP contribution in [0.5, 0.6) is 0 Å². The second kappa shape index (κ2) is 8.94. The highest BCUT2D eigenvalue weighted by Crippen LogP contribution is 2.27. The summed E-state index contributed by atoms with van der Waals surface area (Å²) in [5, 5.41) is 0. The molecule has 3 rings (SSSR count). The third-order valence-corrected chi connectivity index (χ3v) is 5.17. The van der Waals surface area contributed by atoms with E-state index in [1.807, 2.05) is 30.3 Å². The Bertz CT molecular complexity index is 846. The van der Waals surface area contributed by atoms with Gasteiger partial charge in [0.25, 0.3) is 0 Å². The van der Waals surface area contributed by atoms with Gasteiger partial charge >= 0.3 is 0 Å². The summed E-state index contributed by atoms with van der Waals surface area (Å²) in [5.74, 6) is 0.654. The molecule has 1 aliphatic heterocycles. The first-order chi connectivity index (χ1) is 13.0. The van der Waals surface area contributed by atoms with Crippen LogP contribution in [0.4, 0.5) is 5.69 Å². The van der Waals surface area contributed by atoms with Gasteiger partial charge in [0.1, 0.15) is 0 Å². The van der Waals surface area contributed by atoms with Crippen LogP contribution >= 0.6 is 0 Å². The van der Waals surface area contributed by atoms with E-state index in [1.165, 1.54) is 12.8 Å². The normalized spacial score (nSPS) is 15.4. The third kappa shape index (κ3) is 5.26. The van der Waals surface area contributed by atoms with Crippen LogP contribution in [0.1, 0.15) is 35.7 Å². The van der Waals surface area contributed by atoms with E-state index in [1.54, 1.807) is 13.0 Å². The molecule has 1 aliphatic rings. The molecule has 4 heteroatoms. The van der Waals surface area contributed by atoms with Crippen molar-refractivity contribution < 1.29 is 9.53 Å². The third-order valence-electron chi connectivity index (χ3n) is 5.17. The summed E-state index contributed by atoms with van der Waals surface area (Å²) < 4.78 is 5.99. The first kappa shape index (κ1) is 19.3. The summed E-state index contributed by atoms with van der Waals surface area (Å²) in [6.45, 7) is 12.3. The zero-order chi connectivity index (χ0) is 19.2. The van der Waals surface area contributed by atoms with E-state index in [2.05, 4.69) is 22.9 Å². The largest absolute Gasteiger partial charge is 0.376 e. The van der Waals surface area contributed by atoms with Gasteiger partial charge in [-0.3, -0.25) is 4.79 Å². The van der Waals surface area contributed by atoms with E-state index < -0.39 is 0 Å². The van der Waals surface area contributed by atoms with Crippen molar-refractivity contribution >= 4 is 11.5 Å². The van der Waals surface area contributed by atoms with Crippen molar-refractivity contribution in [2.45, 2.75) is 26.4 Å². The number of piperidine rings is 1. The molecule has 0 N–H and O–H groups in total. The van der Waals surface area contributed by atoms with Crippen LogP contribution in [-0.2, 0) is 11.3 Å². The molecule has 0 spiro atoms. The first-order valence-electron chi connectivity index (χ1n) is 9.44. The Kier molecular flexibility index (Phi) is 6.39. The molecule has 1 saturated heterocycles. The maximum Gasteiger partial charge on any atom is 0.187 e. The lowest BCUT2D eigenvalue weighted by Gasteiger charge is -2.28. The van der Waals surface area contributed by atoms with Gasteiger partial charge in [-0.1, -0.05) is 18.2 Å². The highest BCUT2D eigenvalue weighted by molar-refractivity contribution is 5.95. The number of nitrogens with zero attached hydrogens (tertiary/aromatic N) is 2.